The van der Waals surface area contributed by atoms with Gasteiger partial charge in [-0.05, 0) is 19.3 Å². The SMILES string of the molecule is O=C(NCC1(C(=O)O)CCC1)N1CCCOCC1. The lowest BCUT2D eigenvalue weighted by atomic mass is 9.69. The Morgan fingerprint density at radius 2 is 2.00 bits per heavy atom. The Kier molecular flexibility index (Phi) is 4.06. The van der Waals surface area contributed by atoms with Crippen molar-refractivity contribution in [3.63, 3.8) is 0 Å². The van der Waals surface area contributed by atoms with Crippen LogP contribution in [0.15, 0.2) is 0 Å². The minimum Gasteiger partial charge on any atom is -0.481 e. The molecule has 2 rings (SSSR count). The molecule has 0 atom stereocenters. The standard InChI is InChI=1S/C12H20N2O4/c15-10(16)12(3-1-4-12)9-13-11(17)14-5-2-7-18-8-6-14/h1-9H2,(H,13,17)(H,15,16). The Bertz CT molecular complexity index is 320. The molecule has 1 aliphatic carbocycles. The maximum atomic E-state index is 11.9. The van der Waals surface area contributed by atoms with E-state index in [1.807, 2.05) is 0 Å². The van der Waals surface area contributed by atoms with Crippen LogP contribution in [0.1, 0.15) is 25.7 Å². The molecule has 2 N–H and O–H groups in total. The van der Waals surface area contributed by atoms with Crippen LogP contribution in [0, 0.1) is 5.41 Å². The van der Waals surface area contributed by atoms with E-state index in [1.165, 1.54) is 0 Å². The Morgan fingerprint density at radius 3 is 2.61 bits per heavy atom. The number of ether oxygens (including phenoxy) is 1. The van der Waals surface area contributed by atoms with Crippen molar-refractivity contribution in [1.82, 2.24) is 10.2 Å². The molecule has 18 heavy (non-hydrogen) atoms. The second kappa shape index (κ2) is 5.56. The lowest BCUT2D eigenvalue weighted by Crippen LogP contribution is -2.51. The van der Waals surface area contributed by atoms with Crippen molar-refractivity contribution in [3.05, 3.63) is 0 Å². The second-order valence-corrected chi connectivity index (χ2v) is 5.05. The molecule has 0 aromatic carbocycles. The number of hydrogen-bond acceptors (Lipinski definition) is 3. The molecule has 2 fully saturated rings. The highest BCUT2D eigenvalue weighted by atomic mass is 16.5. The van der Waals surface area contributed by atoms with Crippen molar-refractivity contribution in [2.45, 2.75) is 25.7 Å². The summed E-state index contributed by atoms with van der Waals surface area (Å²) in [5, 5.41) is 11.9. The number of amides is 2. The summed E-state index contributed by atoms with van der Waals surface area (Å²) in [5.41, 5.74) is -0.724. The highest BCUT2D eigenvalue weighted by Gasteiger charge is 2.44. The van der Waals surface area contributed by atoms with Crippen LogP contribution in [0.5, 0.6) is 0 Å². The molecule has 1 saturated carbocycles. The van der Waals surface area contributed by atoms with Crippen molar-refractivity contribution in [3.8, 4) is 0 Å². The fourth-order valence-electron chi connectivity index (χ4n) is 2.38. The first kappa shape index (κ1) is 13.1. The lowest BCUT2D eigenvalue weighted by Gasteiger charge is -2.38. The number of hydrogen-bond donors (Lipinski definition) is 2. The zero-order valence-corrected chi connectivity index (χ0v) is 10.5. The van der Waals surface area contributed by atoms with Crippen LogP contribution in [0.3, 0.4) is 0 Å². The van der Waals surface area contributed by atoms with Gasteiger partial charge in [0.15, 0.2) is 0 Å². The van der Waals surface area contributed by atoms with Gasteiger partial charge in [0.05, 0.1) is 12.0 Å². The van der Waals surface area contributed by atoms with Crippen LogP contribution in [0.4, 0.5) is 4.79 Å². The highest BCUT2D eigenvalue weighted by molar-refractivity contribution is 5.78. The van der Waals surface area contributed by atoms with E-state index in [-0.39, 0.29) is 12.6 Å². The summed E-state index contributed by atoms with van der Waals surface area (Å²) in [6.45, 7) is 2.72. The van der Waals surface area contributed by atoms with Crippen molar-refractivity contribution < 1.29 is 19.4 Å². The molecule has 0 bridgehead atoms. The van der Waals surface area contributed by atoms with Gasteiger partial charge in [-0.25, -0.2) is 4.79 Å². The number of carboxylic acids is 1. The van der Waals surface area contributed by atoms with Crippen LogP contribution < -0.4 is 5.32 Å². The fraction of sp³-hybridized carbons (Fsp3) is 0.833. The molecule has 0 unspecified atom stereocenters. The number of carboxylic acid groups (broad SMARTS) is 1. The summed E-state index contributed by atoms with van der Waals surface area (Å²) < 4.78 is 5.28. The van der Waals surface area contributed by atoms with E-state index in [9.17, 15) is 9.59 Å². The molecule has 2 amide bonds. The first-order valence-corrected chi connectivity index (χ1v) is 6.48. The first-order chi connectivity index (χ1) is 8.64. The predicted octanol–water partition coefficient (Wildman–Crippen LogP) is 0.673. The maximum Gasteiger partial charge on any atom is 0.317 e. The summed E-state index contributed by atoms with van der Waals surface area (Å²) in [5.74, 6) is -0.798. The largest absolute Gasteiger partial charge is 0.481 e. The van der Waals surface area contributed by atoms with Crippen molar-refractivity contribution in [2.75, 3.05) is 32.8 Å². The number of nitrogens with one attached hydrogen (secondary N) is 1. The van der Waals surface area contributed by atoms with Gasteiger partial charge in [0.2, 0.25) is 0 Å². The van der Waals surface area contributed by atoms with Gasteiger partial charge in [-0.3, -0.25) is 4.79 Å². The molecular weight excluding hydrogens is 236 g/mol. The van der Waals surface area contributed by atoms with Gasteiger partial charge in [-0.2, -0.15) is 0 Å². The first-order valence-electron chi connectivity index (χ1n) is 6.48. The van der Waals surface area contributed by atoms with Crippen LogP contribution >= 0.6 is 0 Å². The molecule has 0 aromatic rings. The number of nitrogens with zero attached hydrogens (tertiary/aromatic N) is 1. The Balaban J connectivity index is 1.81. The zero-order valence-electron chi connectivity index (χ0n) is 10.5. The molecule has 0 spiro atoms. The molecular formula is C12H20N2O4. The van der Waals surface area contributed by atoms with Crippen molar-refractivity contribution >= 4 is 12.0 Å². The van der Waals surface area contributed by atoms with E-state index in [2.05, 4.69) is 5.32 Å². The van der Waals surface area contributed by atoms with Gasteiger partial charge in [-0.1, -0.05) is 6.42 Å². The summed E-state index contributed by atoms with van der Waals surface area (Å²) >= 11 is 0. The van der Waals surface area contributed by atoms with E-state index >= 15 is 0 Å². The van der Waals surface area contributed by atoms with Gasteiger partial charge in [0.1, 0.15) is 0 Å². The Morgan fingerprint density at radius 1 is 1.22 bits per heavy atom. The third-order valence-corrected chi connectivity index (χ3v) is 3.85. The van der Waals surface area contributed by atoms with Gasteiger partial charge >= 0.3 is 12.0 Å². The average Bonchev–Trinajstić information content (AvgIpc) is 2.55. The molecule has 2 aliphatic rings. The van der Waals surface area contributed by atoms with E-state index in [0.29, 0.717) is 39.1 Å². The fourth-order valence-corrected chi connectivity index (χ4v) is 2.38. The molecule has 0 radical (unpaired) electrons. The summed E-state index contributed by atoms with van der Waals surface area (Å²) in [7, 11) is 0. The maximum absolute atomic E-state index is 11.9. The minimum atomic E-state index is -0.798. The number of carbonyl (C=O) groups is 2. The van der Waals surface area contributed by atoms with Gasteiger partial charge < -0.3 is 20.1 Å². The third-order valence-electron chi connectivity index (χ3n) is 3.85. The van der Waals surface area contributed by atoms with Crippen LogP contribution in [-0.2, 0) is 9.53 Å². The van der Waals surface area contributed by atoms with Gasteiger partial charge in [-0.15, -0.1) is 0 Å². The monoisotopic (exact) mass is 256 g/mol. The predicted molar refractivity (Wildman–Crippen MR) is 64.3 cm³/mol. The third kappa shape index (κ3) is 2.75. The summed E-state index contributed by atoms with van der Waals surface area (Å²) in [6, 6.07) is -0.173. The van der Waals surface area contributed by atoms with Crippen molar-refractivity contribution in [2.24, 2.45) is 5.41 Å². The highest BCUT2D eigenvalue weighted by Crippen LogP contribution is 2.40. The molecule has 1 heterocycles. The normalized spacial score (nSPS) is 22.8. The second-order valence-electron chi connectivity index (χ2n) is 5.05. The van der Waals surface area contributed by atoms with E-state index in [1.54, 1.807) is 4.90 Å². The van der Waals surface area contributed by atoms with Crippen molar-refractivity contribution in [1.29, 1.82) is 0 Å². The van der Waals surface area contributed by atoms with E-state index in [0.717, 1.165) is 12.8 Å². The topological polar surface area (TPSA) is 78.9 Å². The minimum absolute atomic E-state index is 0.173. The lowest BCUT2D eigenvalue weighted by molar-refractivity contribution is -0.153. The van der Waals surface area contributed by atoms with Gasteiger partial charge in [0, 0.05) is 26.2 Å². The van der Waals surface area contributed by atoms with Crippen LogP contribution in [-0.4, -0.2) is 54.9 Å². The number of urea groups is 1. The van der Waals surface area contributed by atoms with E-state index < -0.39 is 11.4 Å². The van der Waals surface area contributed by atoms with Gasteiger partial charge in [0.25, 0.3) is 0 Å². The number of aliphatic carboxylic acids is 1. The smallest absolute Gasteiger partial charge is 0.317 e. The Labute approximate surface area is 106 Å². The molecule has 0 aromatic heterocycles. The quantitative estimate of drug-likeness (QED) is 0.778. The Hall–Kier alpha value is -1.30. The van der Waals surface area contributed by atoms with Crippen LogP contribution in [0.25, 0.3) is 0 Å². The zero-order chi connectivity index (χ0) is 13.0. The molecule has 6 nitrogen and oxygen atoms in total. The summed E-state index contributed by atoms with van der Waals surface area (Å²) in [4.78, 5) is 24.8. The van der Waals surface area contributed by atoms with E-state index in [4.69, 9.17) is 9.84 Å². The molecule has 102 valence electrons. The number of carbonyl (C=O) groups excluding carboxylic acids is 1. The van der Waals surface area contributed by atoms with Crippen LogP contribution in [0.2, 0.25) is 0 Å². The summed E-state index contributed by atoms with van der Waals surface area (Å²) in [6.07, 6.45) is 3.08. The molecule has 1 saturated heterocycles. The average molecular weight is 256 g/mol. The molecule has 6 heteroatoms. The number of rotatable bonds is 3. The molecule has 1 aliphatic heterocycles.